The molecule has 0 fully saturated rings. The van der Waals surface area contributed by atoms with Crippen molar-refractivity contribution in [1.82, 2.24) is 9.80 Å². The topological polar surface area (TPSA) is 23.6 Å². The molecule has 0 aliphatic rings. The summed E-state index contributed by atoms with van der Waals surface area (Å²) in [5, 5.41) is 0. The molecule has 3 heteroatoms. The fourth-order valence-electron chi connectivity index (χ4n) is 0.938. The SMILES string of the molecule is C/C(=C\C=C\N(C)C)C(=O)/C=C/C=C\N(C)C. The lowest BCUT2D eigenvalue weighted by Gasteiger charge is -2.01. The van der Waals surface area contributed by atoms with Crippen molar-refractivity contribution in [3.05, 3.63) is 48.4 Å². The highest BCUT2D eigenvalue weighted by Gasteiger charge is 1.96. The molecule has 94 valence electrons. The maximum Gasteiger partial charge on any atom is 0.181 e. The summed E-state index contributed by atoms with van der Waals surface area (Å²) in [6.07, 6.45) is 12.6. The fourth-order valence-corrected chi connectivity index (χ4v) is 0.938. The highest BCUT2D eigenvalue weighted by atomic mass is 16.1. The molecular formula is C14H22N2O. The first kappa shape index (κ1) is 15.2. The summed E-state index contributed by atoms with van der Waals surface area (Å²) in [5.41, 5.74) is 0.720. The Morgan fingerprint density at radius 2 is 1.41 bits per heavy atom. The van der Waals surface area contributed by atoms with E-state index in [1.807, 2.05) is 75.5 Å². The maximum absolute atomic E-state index is 11.6. The molecule has 0 unspecified atom stereocenters. The van der Waals surface area contributed by atoms with Crippen molar-refractivity contribution in [2.75, 3.05) is 28.2 Å². The Balaban J connectivity index is 4.32. The molecule has 0 aromatic carbocycles. The number of ketones is 1. The van der Waals surface area contributed by atoms with Crippen molar-refractivity contribution in [3.63, 3.8) is 0 Å². The third-order valence-electron chi connectivity index (χ3n) is 1.86. The highest BCUT2D eigenvalue weighted by Crippen LogP contribution is 1.97. The molecule has 0 aromatic rings. The van der Waals surface area contributed by atoms with Crippen molar-refractivity contribution in [1.29, 1.82) is 0 Å². The zero-order valence-corrected chi connectivity index (χ0v) is 11.3. The van der Waals surface area contributed by atoms with Gasteiger partial charge in [0.1, 0.15) is 0 Å². The third kappa shape index (κ3) is 9.18. The Morgan fingerprint density at radius 3 is 1.94 bits per heavy atom. The van der Waals surface area contributed by atoms with Crippen LogP contribution in [0.2, 0.25) is 0 Å². The average Bonchev–Trinajstić information content (AvgIpc) is 2.23. The van der Waals surface area contributed by atoms with Gasteiger partial charge in [-0.2, -0.15) is 0 Å². The molecule has 0 aliphatic carbocycles. The van der Waals surface area contributed by atoms with Crippen LogP contribution in [0.5, 0.6) is 0 Å². The van der Waals surface area contributed by atoms with E-state index >= 15 is 0 Å². The van der Waals surface area contributed by atoms with Gasteiger partial charge in [-0.15, -0.1) is 0 Å². The molecule has 3 nitrogen and oxygen atoms in total. The van der Waals surface area contributed by atoms with Gasteiger partial charge in [0.05, 0.1) is 0 Å². The Hall–Kier alpha value is -1.77. The summed E-state index contributed by atoms with van der Waals surface area (Å²) in [4.78, 5) is 15.4. The minimum absolute atomic E-state index is 0.0248. The van der Waals surface area contributed by atoms with Gasteiger partial charge in [-0.25, -0.2) is 0 Å². The monoisotopic (exact) mass is 234 g/mol. The van der Waals surface area contributed by atoms with E-state index in [9.17, 15) is 4.79 Å². The summed E-state index contributed by atoms with van der Waals surface area (Å²) < 4.78 is 0. The van der Waals surface area contributed by atoms with E-state index in [1.54, 1.807) is 12.2 Å². The van der Waals surface area contributed by atoms with Crippen LogP contribution in [-0.2, 0) is 4.79 Å². The minimum atomic E-state index is 0.0248. The van der Waals surface area contributed by atoms with Gasteiger partial charge in [0.15, 0.2) is 5.78 Å². The second-order valence-electron chi connectivity index (χ2n) is 4.18. The second-order valence-corrected chi connectivity index (χ2v) is 4.18. The molecule has 0 saturated carbocycles. The summed E-state index contributed by atoms with van der Waals surface area (Å²) >= 11 is 0. The summed E-state index contributed by atoms with van der Waals surface area (Å²) in [6, 6.07) is 0. The second kappa shape index (κ2) is 8.39. The van der Waals surface area contributed by atoms with Gasteiger partial charge in [0.2, 0.25) is 0 Å². The van der Waals surface area contributed by atoms with E-state index in [0.717, 1.165) is 5.57 Å². The molecule has 0 rings (SSSR count). The number of carbonyl (C=O) groups is 1. The Labute approximate surface area is 104 Å². The van der Waals surface area contributed by atoms with Crippen molar-refractivity contribution in [2.24, 2.45) is 0 Å². The maximum atomic E-state index is 11.6. The van der Waals surface area contributed by atoms with E-state index in [2.05, 4.69) is 0 Å². The van der Waals surface area contributed by atoms with Crippen LogP contribution >= 0.6 is 0 Å². The molecule has 17 heavy (non-hydrogen) atoms. The summed E-state index contributed by atoms with van der Waals surface area (Å²) in [5.74, 6) is 0.0248. The molecule has 0 aromatic heterocycles. The molecule has 0 spiro atoms. The molecule has 0 heterocycles. The normalized spacial score (nSPS) is 12.9. The van der Waals surface area contributed by atoms with Crippen molar-refractivity contribution in [3.8, 4) is 0 Å². The van der Waals surface area contributed by atoms with Crippen LogP contribution in [0.15, 0.2) is 48.4 Å². The van der Waals surface area contributed by atoms with Crippen LogP contribution in [-0.4, -0.2) is 43.8 Å². The van der Waals surface area contributed by atoms with Gasteiger partial charge in [0.25, 0.3) is 0 Å². The molecule has 0 radical (unpaired) electrons. The number of hydrogen-bond donors (Lipinski definition) is 0. The first-order valence-corrected chi connectivity index (χ1v) is 5.50. The Kier molecular flexibility index (Phi) is 7.52. The lowest BCUT2D eigenvalue weighted by atomic mass is 10.1. The number of nitrogens with zero attached hydrogens (tertiary/aromatic N) is 2. The highest BCUT2D eigenvalue weighted by molar-refractivity contribution is 6.03. The number of hydrogen-bond acceptors (Lipinski definition) is 3. The van der Waals surface area contributed by atoms with Crippen LogP contribution in [0.25, 0.3) is 0 Å². The third-order valence-corrected chi connectivity index (χ3v) is 1.86. The number of carbonyl (C=O) groups excluding carboxylic acids is 1. The largest absolute Gasteiger partial charge is 0.383 e. The number of rotatable bonds is 6. The van der Waals surface area contributed by atoms with Crippen LogP contribution in [0, 0.1) is 0 Å². The molecular weight excluding hydrogens is 212 g/mol. The smallest absolute Gasteiger partial charge is 0.181 e. The van der Waals surface area contributed by atoms with Gasteiger partial charge in [0, 0.05) is 28.2 Å². The zero-order valence-electron chi connectivity index (χ0n) is 11.3. The quantitative estimate of drug-likeness (QED) is 0.520. The van der Waals surface area contributed by atoms with Crippen LogP contribution in [0.1, 0.15) is 6.92 Å². The lowest BCUT2D eigenvalue weighted by molar-refractivity contribution is -0.111. The van der Waals surface area contributed by atoms with Crippen molar-refractivity contribution >= 4 is 5.78 Å². The van der Waals surface area contributed by atoms with E-state index < -0.39 is 0 Å². The molecule has 0 bridgehead atoms. The Bertz CT molecular complexity index is 347. The summed E-state index contributed by atoms with van der Waals surface area (Å²) in [6.45, 7) is 1.81. The van der Waals surface area contributed by atoms with Gasteiger partial charge in [-0.05, 0) is 43.1 Å². The van der Waals surface area contributed by atoms with E-state index in [1.165, 1.54) is 0 Å². The van der Waals surface area contributed by atoms with E-state index in [-0.39, 0.29) is 5.78 Å². The average molecular weight is 234 g/mol. The Morgan fingerprint density at radius 1 is 0.882 bits per heavy atom. The minimum Gasteiger partial charge on any atom is -0.383 e. The standard InChI is InChI=1S/C14H22N2O/c1-13(9-8-12-16(4)5)14(17)10-6-7-11-15(2)3/h6-12H,1-5H3/b10-6+,11-7-,12-8+,13-9+. The van der Waals surface area contributed by atoms with Gasteiger partial charge < -0.3 is 9.80 Å². The summed E-state index contributed by atoms with van der Waals surface area (Å²) in [7, 11) is 7.74. The van der Waals surface area contributed by atoms with Crippen molar-refractivity contribution < 1.29 is 4.79 Å². The molecule has 0 saturated heterocycles. The van der Waals surface area contributed by atoms with Gasteiger partial charge >= 0.3 is 0 Å². The molecule has 0 aliphatic heterocycles. The van der Waals surface area contributed by atoms with Gasteiger partial charge in [-0.1, -0.05) is 12.2 Å². The van der Waals surface area contributed by atoms with Crippen LogP contribution in [0.4, 0.5) is 0 Å². The molecule has 0 atom stereocenters. The van der Waals surface area contributed by atoms with Crippen LogP contribution < -0.4 is 0 Å². The van der Waals surface area contributed by atoms with Gasteiger partial charge in [-0.3, -0.25) is 4.79 Å². The zero-order chi connectivity index (χ0) is 13.3. The fraction of sp³-hybridized carbons (Fsp3) is 0.357. The van der Waals surface area contributed by atoms with Crippen LogP contribution in [0.3, 0.4) is 0 Å². The predicted octanol–water partition coefficient (Wildman–Crippen LogP) is 2.21. The lowest BCUT2D eigenvalue weighted by Crippen LogP contribution is -2.00. The predicted molar refractivity (Wildman–Crippen MR) is 73.6 cm³/mol. The molecule has 0 N–H and O–H groups in total. The van der Waals surface area contributed by atoms with Crippen molar-refractivity contribution in [2.45, 2.75) is 6.92 Å². The first-order chi connectivity index (χ1) is 7.93. The first-order valence-electron chi connectivity index (χ1n) is 5.50. The van der Waals surface area contributed by atoms with E-state index in [4.69, 9.17) is 0 Å². The number of allylic oxidation sites excluding steroid dienone is 6. The van der Waals surface area contributed by atoms with E-state index in [0.29, 0.717) is 0 Å². The molecule has 0 amide bonds.